The molecule has 0 bridgehead atoms. The molecule has 0 amide bonds. The molecule has 0 aliphatic rings. The molecule has 0 aromatic carbocycles. The monoisotopic (exact) mass is 246 g/mol. The van der Waals surface area contributed by atoms with E-state index in [1.54, 1.807) is 6.07 Å². The lowest BCUT2D eigenvalue weighted by molar-refractivity contribution is 0.482. The summed E-state index contributed by atoms with van der Waals surface area (Å²) in [5.41, 5.74) is 1.14. The predicted molar refractivity (Wildman–Crippen MR) is 64.5 cm³/mol. The van der Waals surface area contributed by atoms with Gasteiger partial charge in [-0.1, -0.05) is 0 Å². The molecule has 84 valence electrons. The molecule has 0 saturated carbocycles. The van der Waals surface area contributed by atoms with Gasteiger partial charge < -0.3 is 5.11 Å². The summed E-state index contributed by atoms with van der Waals surface area (Å²) < 4.78 is 14.3. The van der Waals surface area contributed by atoms with Gasteiger partial charge in [-0.3, -0.25) is 4.98 Å². The second kappa shape index (κ2) is 3.78. The molecule has 0 spiro atoms. The number of fused-ring (bicyclic) bond motifs is 1. The molecule has 0 aliphatic carbocycles. The summed E-state index contributed by atoms with van der Waals surface area (Å²) in [7, 11) is 0. The highest BCUT2D eigenvalue weighted by Crippen LogP contribution is 2.32. The van der Waals surface area contributed by atoms with Crippen LogP contribution in [0.5, 0.6) is 5.75 Å². The summed E-state index contributed by atoms with van der Waals surface area (Å²) >= 11 is 1.40. The molecular weight excluding hydrogens is 239 g/mol. The molecule has 0 unspecified atom stereocenters. The number of halogens is 1. The molecule has 3 aromatic rings. The van der Waals surface area contributed by atoms with Crippen molar-refractivity contribution in [2.75, 3.05) is 0 Å². The smallest absolute Gasteiger partial charge is 0.151 e. The lowest BCUT2D eigenvalue weighted by Crippen LogP contribution is -1.91. The second-order valence-corrected chi connectivity index (χ2v) is 4.41. The molecule has 1 N–H and O–H groups in total. The van der Waals surface area contributed by atoms with Gasteiger partial charge in [0.25, 0.3) is 0 Å². The molecule has 0 radical (unpaired) electrons. The van der Waals surface area contributed by atoms with Crippen molar-refractivity contribution in [1.82, 2.24) is 9.97 Å². The van der Waals surface area contributed by atoms with E-state index in [9.17, 15) is 9.50 Å². The SMILES string of the molecule is Oc1cc(-c2ncccc2F)nc2ccsc12. The van der Waals surface area contributed by atoms with Gasteiger partial charge in [-0.2, -0.15) is 0 Å². The fourth-order valence-corrected chi connectivity index (χ4v) is 2.38. The summed E-state index contributed by atoms with van der Waals surface area (Å²) in [6.07, 6.45) is 1.49. The highest BCUT2D eigenvalue weighted by atomic mass is 32.1. The van der Waals surface area contributed by atoms with Crippen LogP contribution in [0.3, 0.4) is 0 Å². The maximum absolute atomic E-state index is 13.6. The maximum Gasteiger partial charge on any atom is 0.151 e. The zero-order valence-corrected chi connectivity index (χ0v) is 9.41. The van der Waals surface area contributed by atoms with Gasteiger partial charge in [0.1, 0.15) is 11.4 Å². The van der Waals surface area contributed by atoms with E-state index in [4.69, 9.17) is 0 Å². The van der Waals surface area contributed by atoms with Crippen molar-refractivity contribution in [2.45, 2.75) is 0 Å². The number of hydrogen-bond donors (Lipinski definition) is 1. The quantitative estimate of drug-likeness (QED) is 0.717. The Balaban J connectivity index is 2.28. The Hall–Kier alpha value is -2.01. The van der Waals surface area contributed by atoms with Gasteiger partial charge in [0.05, 0.1) is 15.9 Å². The van der Waals surface area contributed by atoms with Crippen molar-refractivity contribution in [3.05, 3.63) is 41.7 Å². The third kappa shape index (κ3) is 1.64. The van der Waals surface area contributed by atoms with Gasteiger partial charge in [0.15, 0.2) is 5.82 Å². The van der Waals surface area contributed by atoms with Crippen LogP contribution in [0, 0.1) is 5.82 Å². The molecule has 3 heterocycles. The van der Waals surface area contributed by atoms with Crippen molar-refractivity contribution >= 4 is 21.6 Å². The fraction of sp³-hybridized carbons (Fsp3) is 0. The van der Waals surface area contributed by atoms with Crippen molar-refractivity contribution < 1.29 is 9.50 Å². The number of nitrogens with zero attached hydrogens (tertiary/aromatic N) is 2. The Morgan fingerprint density at radius 1 is 1.29 bits per heavy atom. The van der Waals surface area contributed by atoms with Gasteiger partial charge in [-0.05, 0) is 23.6 Å². The molecule has 0 aliphatic heterocycles. The molecular formula is C12H7FN2OS. The summed E-state index contributed by atoms with van der Waals surface area (Å²) in [6.45, 7) is 0. The fourth-order valence-electron chi connectivity index (χ4n) is 1.63. The molecule has 0 saturated heterocycles. The largest absolute Gasteiger partial charge is 0.506 e. The van der Waals surface area contributed by atoms with Crippen LogP contribution in [0.2, 0.25) is 0 Å². The zero-order valence-electron chi connectivity index (χ0n) is 8.59. The minimum atomic E-state index is -0.450. The normalized spacial score (nSPS) is 10.9. The van der Waals surface area contributed by atoms with E-state index in [2.05, 4.69) is 9.97 Å². The number of hydrogen-bond acceptors (Lipinski definition) is 4. The first-order valence-electron chi connectivity index (χ1n) is 4.94. The topological polar surface area (TPSA) is 46.0 Å². The molecule has 0 fully saturated rings. The van der Waals surface area contributed by atoms with E-state index >= 15 is 0 Å². The predicted octanol–water partition coefficient (Wildman–Crippen LogP) is 3.20. The average Bonchev–Trinajstić information content (AvgIpc) is 2.78. The average molecular weight is 246 g/mol. The minimum absolute atomic E-state index is 0.102. The van der Waals surface area contributed by atoms with E-state index in [-0.39, 0.29) is 11.4 Å². The molecule has 0 atom stereocenters. The van der Waals surface area contributed by atoms with Gasteiger partial charge in [-0.25, -0.2) is 9.37 Å². The molecule has 3 nitrogen and oxygen atoms in total. The lowest BCUT2D eigenvalue weighted by atomic mass is 10.2. The Kier molecular flexibility index (Phi) is 2.26. The Labute approximate surface area is 100 Å². The first kappa shape index (κ1) is 10.2. The molecule has 3 rings (SSSR count). The van der Waals surface area contributed by atoms with E-state index in [1.165, 1.54) is 35.7 Å². The highest BCUT2D eigenvalue weighted by molar-refractivity contribution is 7.17. The van der Waals surface area contributed by atoms with E-state index in [0.717, 1.165) is 0 Å². The van der Waals surface area contributed by atoms with Crippen LogP contribution in [-0.2, 0) is 0 Å². The number of rotatable bonds is 1. The first-order valence-corrected chi connectivity index (χ1v) is 5.82. The molecule has 17 heavy (non-hydrogen) atoms. The minimum Gasteiger partial charge on any atom is -0.506 e. The van der Waals surface area contributed by atoms with Crippen molar-refractivity contribution in [3.63, 3.8) is 0 Å². The third-order valence-corrected chi connectivity index (χ3v) is 3.32. The number of aromatic nitrogens is 2. The van der Waals surface area contributed by atoms with E-state index < -0.39 is 5.82 Å². The van der Waals surface area contributed by atoms with Crippen molar-refractivity contribution in [1.29, 1.82) is 0 Å². The molecule has 5 heteroatoms. The number of pyridine rings is 2. The maximum atomic E-state index is 13.6. The molecule has 3 aromatic heterocycles. The van der Waals surface area contributed by atoms with E-state index in [0.29, 0.717) is 15.9 Å². The third-order valence-electron chi connectivity index (χ3n) is 2.39. The Morgan fingerprint density at radius 3 is 3.00 bits per heavy atom. The Bertz CT molecular complexity index is 696. The van der Waals surface area contributed by atoms with Crippen LogP contribution in [-0.4, -0.2) is 15.1 Å². The van der Waals surface area contributed by atoms with Crippen LogP contribution in [0.1, 0.15) is 0 Å². The zero-order chi connectivity index (χ0) is 11.8. The lowest BCUT2D eigenvalue weighted by Gasteiger charge is -2.02. The standard InChI is InChI=1S/C12H7FN2OS/c13-7-2-1-4-14-11(7)9-6-10(16)12-8(15-9)3-5-17-12/h1-6H,(H,15,16). The Morgan fingerprint density at radius 2 is 2.18 bits per heavy atom. The van der Waals surface area contributed by atoms with Crippen LogP contribution < -0.4 is 0 Å². The van der Waals surface area contributed by atoms with Gasteiger partial charge in [0.2, 0.25) is 0 Å². The summed E-state index contributed by atoms with van der Waals surface area (Å²) in [4.78, 5) is 8.21. The van der Waals surface area contributed by atoms with E-state index in [1.807, 2.05) is 5.38 Å². The van der Waals surface area contributed by atoms with Crippen LogP contribution in [0.25, 0.3) is 21.6 Å². The first-order chi connectivity index (χ1) is 8.25. The van der Waals surface area contributed by atoms with Crippen LogP contribution in [0.4, 0.5) is 4.39 Å². The van der Waals surface area contributed by atoms with Gasteiger partial charge in [0, 0.05) is 12.3 Å². The number of aromatic hydroxyl groups is 1. The summed E-state index contributed by atoms with van der Waals surface area (Å²) in [5, 5.41) is 11.6. The number of thiophene rings is 1. The van der Waals surface area contributed by atoms with Gasteiger partial charge in [-0.15, -0.1) is 11.3 Å². The van der Waals surface area contributed by atoms with Gasteiger partial charge >= 0.3 is 0 Å². The summed E-state index contributed by atoms with van der Waals surface area (Å²) in [5.74, 6) is -0.348. The summed E-state index contributed by atoms with van der Waals surface area (Å²) in [6, 6.07) is 6.05. The van der Waals surface area contributed by atoms with Crippen LogP contribution in [0.15, 0.2) is 35.8 Å². The van der Waals surface area contributed by atoms with Crippen molar-refractivity contribution in [2.24, 2.45) is 0 Å². The van der Waals surface area contributed by atoms with Crippen molar-refractivity contribution in [3.8, 4) is 17.1 Å². The second-order valence-electron chi connectivity index (χ2n) is 3.50. The highest BCUT2D eigenvalue weighted by Gasteiger charge is 2.11. The van der Waals surface area contributed by atoms with Crippen LogP contribution >= 0.6 is 11.3 Å².